The van der Waals surface area contributed by atoms with Crippen LogP contribution in [-0.2, 0) is 0 Å². The molecule has 170 valence electrons. The van der Waals surface area contributed by atoms with Gasteiger partial charge in [0.2, 0.25) is 0 Å². The highest BCUT2D eigenvalue weighted by Crippen LogP contribution is 2.30. The van der Waals surface area contributed by atoms with Gasteiger partial charge in [0.05, 0.1) is 45.1 Å². The van der Waals surface area contributed by atoms with Gasteiger partial charge in [0.25, 0.3) is 11.6 Å². The fourth-order valence-electron chi connectivity index (χ4n) is 4.02. The lowest BCUT2D eigenvalue weighted by molar-refractivity contribution is 0.102. The van der Waals surface area contributed by atoms with Crippen LogP contribution >= 0.6 is 0 Å². The lowest BCUT2D eigenvalue weighted by atomic mass is 10.0. The molecular formula is C26H22FN5O2. The molecule has 5 aromatic rings. The highest BCUT2D eigenvalue weighted by molar-refractivity contribution is 6.13. The number of carbonyl (C=O) groups excluding carboxylic acids is 1. The van der Waals surface area contributed by atoms with Crippen LogP contribution in [0.1, 0.15) is 33.0 Å². The zero-order chi connectivity index (χ0) is 24.0. The number of hydrogen-bond donors (Lipinski definition) is 1. The Kier molecular flexibility index (Phi) is 5.20. The van der Waals surface area contributed by atoms with Crippen LogP contribution in [0.2, 0.25) is 0 Å². The summed E-state index contributed by atoms with van der Waals surface area (Å²) in [6, 6.07) is 15.8. The molecule has 0 aliphatic heterocycles. The SMILES string of the molecule is Cc1ccc(-n2nc(C)c(NC(=O)c3cc(-c4ccccc4F)nc4onc(C)c34)c2C)cc1. The summed E-state index contributed by atoms with van der Waals surface area (Å²) in [7, 11) is 0. The minimum Gasteiger partial charge on any atom is -0.335 e. The maximum absolute atomic E-state index is 14.5. The van der Waals surface area contributed by atoms with E-state index in [2.05, 4.69) is 20.6 Å². The van der Waals surface area contributed by atoms with E-state index in [9.17, 15) is 9.18 Å². The zero-order valence-corrected chi connectivity index (χ0v) is 19.2. The number of fused-ring (bicyclic) bond motifs is 1. The molecule has 0 saturated carbocycles. The van der Waals surface area contributed by atoms with Crippen LogP contribution in [0.5, 0.6) is 0 Å². The molecule has 34 heavy (non-hydrogen) atoms. The zero-order valence-electron chi connectivity index (χ0n) is 19.2. The van der Waals surface area contributed by atoms with Crippen molar-refractivity contribution in [3.05, 3.63) is 88.6 Å². The van der Waals surface area contributed by atoms with Gasteiger partial charge in [-0.3, -0.25) is 4.79 Å². The van der Waals surface area contributed by atoms with Gasteiger partial charge in [-0.2, -0.15) is 5.10 Å². The number of anilines is 1. The molecule has 3 aromatic heterocycles. The van der Waals surface area contributed by atoms with E-state index >= 15 is 0 Å². The van der Waals surface area contributed by atoms with Crippen molar-refractivity contribution < 1.29 is 13.7 Å². The van der Waals surface area contributed by atoms with Crippen molar-refractivity contribution in [2.75, 3.05) is 5.32 Å². The molecule has 0 radical (unpaired) electrons. The number of rotatable bonds is 4. The highest BCUT2D eigenvalue weighted by atomic mass is 19.1. The maximum Gasteiger partial charge on any atom is 0.259 e. The van der Waals surface area contributed by atoms with Crippen molar-refractivity contribution in [3.8, 4) is 16.9 Å². The fraction of sp³-hybridized carbons (Fsp3) is 0.154. The van der Waals surface area contributed by atoms with Gasteiger partial charge in [-0.05, 0) is 58.0 Å². The summed E-state index contributed by atoms with van der Waals surface area (Å²) < 4.78 is 21.6. The van der Waals surface area contributed by atoms with Crippen LogP contribution in [0.25, 0.3) is 28.0 Å². The number of nitrogens with one attached hydrogen (secondary N) is 1. The number of pyridine rings is 1. The molecule has 1 amide bonds. The molecule has 0 atom stereocenters. The second kappa shape index (κ2) is 8.22. The van der Waals surface area contributed by atoms with Crippen molar-refractivity contribution >= 4 is 22.7 Å². The molecule has 0 aliphatic carbocycles. The molecule has 3 heterocycles. The van der Waals surface area contributed by atoms with Crippen molar-refractivity contribution in [1.29, 1.82) is 0 Å². The van der Waals surface area contributed by atoms with E-state index in [-0.39, 0.29) is 22.9 Å². The van der Waals surface area contributed by atoms with Crippen molar-refractivity contribution in [2.45, 2.75) is 27.7 Å². The van der Waals surface area contributed by atoms with E-state index in [0.29, 0.717) is 28.0 Å². The third kappa shape index (κ3) is 3.63. The molecule has 0 fully saturated rings. The molecule has 5 rings (SSSR count). The first-order chi connectivity index (χ1) is 16.3. The minimum absolute atomic E-state index is 0.173. The molecule has 1 N–H and O–H groups in total. The average Bonchev–Trinajstić information content (AvgIpc) is 3.33. The van der Waals surface area contributed by atoms with Crippen LogP contribution in [0.3, 0.4) is 0 Å². The van der Waals surface area contributed by atoms with Crippen LogP contribution in [0, 0.1) is 33.5 Å². The molecule has 0 unspecified atom stereocenters. The first kappa shape index (κ1) is 21.5. The fourth-order valence-corrected chi connectivity index (χ4v) is 4.02. The number of nitrogens with zero attached hydrogens (tertiary/aromatic N) is 4. The first-order valence-corrected chi connectivity index (χ1v) is 10.8. The smallest absolute Gasteiger partial charge is 0.259 e. The highest BCUT2D eigenvalue weighted by Gasteiger charge is 2.23. The molecular weight excluding hydrogens is 433 g/mol. The Hall–Kier alpha value is -4.33. The minimum atomic E-state index is -0.442. The molecule has 7 nitrogen and oxygen atoms in total. The van der Waals surface area contributed by atoms with Gasteiger partial charge in [-0.25, -0.2) is 14.1 Å². The van der Waals surface area contributed by atoms with Crippen LogP contribution in [0.4, 0.5) is 10.1 Å². The summed E-state index contributed by atoms with van der Waals surface area (Å²) in [4.78, 5) is 17.9. The number of carbonyl (C=O) groups is 1. The van der Waals surface area contributed by atoms with E-state index in [1.807, 2.05) is 45.0 Å². The Bertz CT molecular complexity index is 1550. The largest absolute Gasteiger partial charge is 0.335 e. The molecule has 0 saturated heterocycles. The lowest BCUT2D eigenvalue weighted by Gasteiger charge is -2.10. The van der Waals surface area contributed by atoms with Crippen molar-refractivity contribution in [3.63, 3.8) is 0 Å². The number of benzene rings is 2. The third-order valence-electron chi connectivity index (χ3n) is 5.82. The van der Waals surface area contributed by atoms with Crippen LogP contribution in [-0.4, -0.2) is 25.8 Å². The Morgan fingerprint density at radius 3 is 2.47 bits per heavy atom. The van der Waals surface area contributed by atoms with E-state index in [0.717, 1.165) is 16.9 Å². The number of hydrogen-bond acceptors (Lipinski definition) is 5. The van der Waals surface area contributed by atoms with Gasteiger partial charge in [0.1, 0.15) is 5.82 Å². The topological polar surface area (TPSA) is 85.8 Å². The van der Waals surface area contributed by atoms with Gasteiger partial charge in [0.15, 0.2) is 0 Å². The van der Waals surface area contributed by atoms with Gasteiger partial charge in [0, 0.05) is 5.56 Å². The van der Waals surface area contributed by atoms with Gasteiger partial charge in [-0.1, -0.05) is 35.0 Å². The van der Waals surface area contributed by atoms with E-state index in [4.69, 9.17) is 4.52 Å². The number of halogens is 1. The summed E-state index contributed by atoms with van der Waals surface area (Å²) in [5, 5.41) is 12.0. The number of aromatic nitrogens is 4. The van der Waals surface area contributed by atoms with Gasteiger partial charge in [-0.15, -0.1) is 0 Å². The molecule has 0 spiro atoms. The third-order valence-corrected chi connectivity index (χ3v) is 5.82. The van der Waals surface area contributed by atoms with Crippen molar-refractivity contribution in [2.24, 2.45) is 0 Å². The van der Waals surface area contributed by atoms with Gasteiger partial charge >= 0.3 is 0 Å². The predicted molar refractivity (Wildman–Crippen MR) is 128 cm³/mol. The standard InChI is InChI=1S/C26H22FN5O2/c1-14-9-11-18(12-10-14)32-17(4)24(16(3)30-32)29-25(33)20-13-22(19-7-5-6-8-21(19)27)28-26-23(20)15(2)31-34-26/h5-13H,1-4H3,(H,29,33). The predicted octanol–water partition coefficient (Wildman–Crippen LogP) is 5.70. The normalized spacial score (nSPS) is 11.2. The second-order valence-electron chi connectivity index (χ2n) is 8.23. The quantitative estimate of drug-likeness (QED) is 0.376. The second-order valence-corrected chi connectivity index (χ2v) is 8.23. The van der Waals surface area contributed by atoms with E-state index in [1.165, 1.54) is 6.07 Å². The summed E-state index contributed by atoms with van der Waals surface area (Å²) in [6.45, 7) is 7.49. The van der Waals surface area contributed by atoms with Gasteiger partial charge < -0.3 is 9.84 Å². The average molecular weight is 455 g/mol. The van der Waals surface area contributed by atoms with Crippen molar-refractivity contribution in [1.82, 2.24) is 19.9 Å². The lowest BCUT2D eigenvalue weighted by Crippen LogP contribution is -2.14. The Morgan fingerprint density at radius 1 is 1.00 bits per heavy atom. The Balaban J connectivity index is 1.58. The summed E-state index contributed by atoms with van der Waals surface area (Å²) in [6.07, 6.45) is 0. The molecule has 2 aromatic carbocycles. The monoisotopic (exact) mass is 455 g/mol. The van der Waals surface area contributed by atoms with E-state index < -0.39 is 5.82 Å². The molecule has 0 aliphatic rings. The number of aryl methyl sites for hydroxylation is 3. The Morgan fingerprint density at radius 2 is 1.74 bits per heavy atom. The van der Waals surface area contributed by atoms with Crippen LogP contribution < -0.4 is 5.32 Å². The Labute approximate surface area is 195 Å². The van der Waals surface area contributed by atoms with E-state index in [1.54, 1.807) is 35.9 Å². The first-order valence-electron chi connectivity index (χ1n) is 10.8. The maximum atomic E-state index is 14.5. The molecule has 8 heteroatoms. The van der Waals surface area contributed by atoms with Crippen LogP contribution in [0.15, 0.2) is 59.1 Å². The summed E-state index contributed by atoms with van der Waals surface area (Å²) in [5.41, 5.74) is 5.67. The summed E-state index contributed by atoms with van der Waals surface area (Å²) in [5.74, 6) is -0.825. The molecule has 0 bridgehead atoms. The summed E-state index contributed by atoms with van der Waals surface area (Å²) >= 11 is 0. The number of amides is 1.